The summed E-state index contributed by atoms with van der Waals surface area (Å²) in [6, 6.07) is 4.44. The molecule has 2 N–H and O–H groups in total. The first-order chi connectivity index (χ1) is 8.90. The van der Waals surface area contributed by atoms with E-state index in [1.807, 2.05) is 12.1 Å². The minimum absolute atomic E-state index is 0.555. The SMILES string of the molecule is CCCOc1cccnc1NCC1CCCCN1. The van der Waals surface area contributed by atoms with E-state index in [4.69, 9.17) is 4.74 Å². The standard InChI is InChI=1S/C14H23N3O/c1-2-10-18-13-7-5-9-16-14(13)17-11-12-6-3-4-8-15-12/h5,7,9,12,15H,2-4,6,8,10-11H2,1H3,(H,16,17). The number of hydrogen-bond donors (Lipinski definition) is 2. The fourth-order valence-electron chi connectivity index (χ4n) is 2.17. The first-order valence-corrected chi connectivity index (χ1v) is 6.95. The van der Waals surface area contributed by atoms with E-state index in [2.05, 4.69) is 22.5 Å². The van der Waals surface area contributed by atoms with Crippen LogP contribution in [0.2, 0.25) is 0 Å². The monoisotopic (exact) mass is 249 g/mol. The van der Waals surface area contributed by atoms with Gasteiger partial charge in [-0.25, -0.2) is 4.98 Å². The zero-order valence-corrected chi connectivity index (χ0v) is 11.1. The predicted octanol–water partition coefficient (Wildman–Crippen LogP) is 2.42. The van der Waals surface area contributed by atoms with Gasteiger partial charge in [-0.05, 0) is 37.9 Å². The van der Waals surface area contributed by atoms with Crippen molar-refractivity contribution >= 4 is 5.82 Å². The summed E-state index contributed by atoms with van der Waals surface area (Å²) in [7, 11) is 0. The summed E-state index contributed by atoms with van der Waals surface area (Å²) in [6.45, 7) is 4.89. The lowest BCUT2D eigenvalue weighted by atomic mass is 10.1. The van der Waals surface area contributed by atoms with Crippen LogP contribution < -0.4 is 15.4 Å². The Morgan fingerprint density at radius 1 is 1.50 bits per heavy atom. The van der Waals surface area contributed by atoms with Crippen LogP contribution in [0.15, 0.2) is 18.3 Å². The fourth-order valence-corrected chi connectivity index (χ4v) is 2.17. The second kappa shape index (κ2) is 7.21. The van der Waals surface area contributed by atoms with Gasteiger partial charge in [-0.3, -0.25) is 0 Å². The molecule has 1 fully saturated rings. The fraction of sp³-hybridized carbons (Fsp3) is 0.643. The molecule has 18 heavy (non-hydrogen) atoms. The summed E-state index contributed by atoms with van der Waals surface area (Å²) in [6.07, 6.45) is 6.67. The van der Waals surface area contributed by atoms with E-state index in [0.717, 1.165) is 37.7 Å². The Balaban J connectivity index is 1.87. The zero-order valence-electron chi connectivity index (χ0n) is 11.1. The molecule has 1 saturated heterocycles. The third-order valence-corrected chi connectivity index (χ3v) is 3.16. The van der Waals surface area contributed by atoms with Crippen molar-refractivity contribution in [1.82, 2.24) is 10.3 Å². The average Bonchev–Trinajstić information content (AvgIpc) is 2.45. The van der Waals surface area contributed by atoms with Crippen LogP contribution in [0.3, 0.4) is 0 Å². The lowest BCUT2D eigenvalue weighted by Crippen LogP contribution is -2.39. The van der Waals surface area contributed by atoms with Crippen LogP contribution in [0, 0.1) is 0 Å². The van der Waals surface area contributed by atoms with E-state index in [9.17, 15) is 0 Å². The lowest BCUT2D eigenvalue weighted by Gasteiger charge is -2.24. The van der Waals surface area contributed by atoms with Crippen molar-refractivity contribution in [2.75, 3.05) is 25.0 Å². The first-order valence-electron chi connectivity index (χ1n) is 6.95. The Labute approximate surface area is 109 Å². The number of nitrogens with one attached hydrogen (secondary N) is 2. The van der Waals surface area contributed by atoms with Crippen molar-refractivity contribution < 1.29 is 4.74 Å². The maximum atomic E-state index is 5.68. The van der Waals surface area contributed by atoms with E-state index in [0.29, 0.717) is 6.04 Å². The van der Waals surface area contributed by atoms with Gasteiger partial charge in [0, 0.05) is 18.8 Å². The molecular weight excluding hydrogens is 226 g/mol. The normalized spacial score (nSPS) is 19.5. The molecule has 1 unspecified atom stereocenters. The van der Waals surface area contributed by atoms with Crippen LogP contribution >= 0.6 is 0 Å². The van der Waals surface area contributed by atoms with Gasteiger partial charge in [0.2, 0.25) is 0 Å². The lowest BCUT2D eigenvalue weighted by molar-refractivity contribution is 0.317. The Morgan fingerprint density at radius 2 is 2.44 bits per heavy atom. The van der Waals surface area contributed by atoms with Gasteiger partial charge >= 0.3 is 0 Å². The largest absolute Gasteiger partial charge is 0.490 e. The molecule has 0 bridgehead atoms. The van der Waals surface area contributed by atoms with Crippen LogP contribution in [0.5, 0.6) is 5.75 Å². The van der Waals surface area contributed by atoms with Crippen molar-refractivity contribution in [2.24, 2.45) is 0 Å². The Hall–Kier alpha value is -1.29. The molecule has 1 atom stereocenters. The molecule has 0 radical (unpaired) electrons. The van der Waals surface area contributed by atoms with Gasteiger partial charge in [-0.2, -0.15) is 0 Å². The number of piperidine rings is 1. The molecule has 1 aromatic rings. The van der Waals surface area contributed by atoms with Crippen molar-refractivity contribution in [1.29, 1.82) is 0 Å². The van der Waals surface area contributed by atoms with Crippen molar-refractivity contribution in [3.8, 4) is 5.75 Å². The highest BCUT2D eigenvalue weighted by Gasteiger charge is 2.13. The molecule has 4 heteroatoms. The maximum Gasteiger partial charge on any atom is 0.168 e. The van der Waals surface area contributed by atoms with Crippen molar-refractivity contribution in [3.63, 3.8) is 0 Å². The maximum absolute atomic E-state index is 5.68. The van der Waals surface area contributed by atoms with Crippen molar-refractivity contribution in [2.45, 2.75) is 38.6 Å². The molecule has 0 amide bonds. The summed E-state index contributed by atoms with van der Waals surface area (Å²) >= 11 is 0. The summed E-state index contributed by atoms with van der Waals surface area (Å²) in [5, 5.41) is 6.91. The van der Waals surface area contributed by atoms with Crippen LogP contribution in [0.1, 0.15) is 32.6 Å². The van der Waals surface area contributed by atoms with Gasteiger partial charge in [0.1, 0.15) is 0 Å². The number of pyridine rings is 1. The van der Waals surface area contributed by atoms with Crippen LogP contribution in [-0.2, 0) is 0 Å². The highest BCUT2D eigenvalue weighted by atomic mass is 16.5. The number of hydrogen-bond acceptors (Lipinski definition) is 4. The summed E-state index contributed by atoms with van der Waals surface area (Å²) in [4.78, 5) is 4.35. The molecule has 1 aliphatic heterocycles. The van der Waals surface area contributed by atoms with E-state index in [-0.39, 0.29) is 0 Å². The molecule has 0 aromatic carbocycles. The van der Waals surface area contributed by atoms with Gasteiger partial charge in [0.25, 0.3) is 0 Å². The van der Waals surface area contributed by atoms with Crippen LogP contribution in [-0.4, -0.2) is 30.7 Å². The predicted molar refractivity (Wildman–Crippen MR) is 74.2 cm³/mol. The number of anilines is 1. The molecule has 0 spiro atoms. The highest BCUT2D eigenvalue weighted by Crippen LogP contribution is 2.21. The number of rotatable bonds is 6. The number of nitrogens with zero attached hydrogens (tertiary/aromatic N) is 1. The first kappa shape index (κ1) is 13.1. The summed E-state index contributed by atoms with van der Waals surface area (Å²) in [5.41, 5.74) is 0. The second-order valence-corrected chi connectivity index (χ2v) is 4.73. The topological polar surface area (TPSA) is 46.2 Å². The molecule has 2 heterocycles. The van der Waals surface area contributed by atoms with Crippen LogP contribution in [0.25, 0.3) is 0 Å². The molecule has 0 aliphatic carbocycles. The van der Waals surface area contributed by atoms with Gasteiger partial charge in [-0.1, -0.05) is 13.3 Å². The van der Waals surface area contributed by atoms with Gasteiger partial charge in [-0.15, -0.1) is 0 Å². The second-order valence-electron chi connectivity index (χ2n) is 4.73. The molecule has 100 valence electrons. The molecule has 1 aliphatic rings. The molecule has 2 rings (SSSR count). The smallest absolute Gasteiger partial charge is 0.168 e. The third kappa shape index (κ3) is 3.88. The summed E-state index contributed by atoms with van der Waals surface area (Å²) in [5.74, 6) is 1.72. The quantitative estimate of drug-likeness (QED) is 0.813. The van der Waals surface area contributed by atoms with E-state index < -0.39 is 0 Å². The Morgan fingerprint density at radius 3 is 3.22 bits per heavy atom. The average molecular weight is 249 g/mol. The zero-order chi connectivity index (χ0) is 12.6. The van der Waals surface area contributed by atoms with Crippen LogP contribution in [0.4, 0.5) is 5.82 Å². The minimum atomic E-state index is 0.555. The minimum Gasteiger partial charge on any atom is -0.490 e. The van der Waals surface area contributed by atoms with E-state index in [1.54, 1.807) is 6.20 Å². The summed E-state index contributed by atoms with van der Waals surface area (Å²) < 4.78 is 5.68. The van der Waals surface area contributed by atoms with E-state index >= 15 is 0 Å². The Bertz CT molecular complexity index is 351. The van der Waals surface area contributed by atoms with Gasteiger partial charge < -0.3 is 15.4 Å². The highest BCUT2D eigenvalue weighted by molar-refractivity contribution is 5.49. The molecule has 0 saturated carbocycles. The number of ether oxygens (including phenoxy) is 1. The molecular formula is C14H23N3O. The molecule has 1 aromatic heterocycles. The van der Waals surface area contributed by atoms with Crippen molar-refractivity contribution in [3.05, 3.63) is 18.3 Å². The van der Waals surface area contributed by atoms with Gasteiger partial charge in [0.05, 0.1) is 6.61 Å². The van der Waals surface area contributed by atoms with Gasteiger partial charge in [0.15, 0.2) is 11.6 Å². The van der Waals surface area contributed by atoms with E-state index in [1.165, 1.54) is 19.3 Å². The Kier molecular flexibility index (Phi) is 5.27. The third-order valence-electron chi connectivity index (χ3n) is 3.16. The number of aromatic nitrogens is 1. The molecule has 4 nitrogen and oxygen atoms in total.